The molecule has 0 aliphatic carbocycles. The summed E-state index contributed by atoms with van der Waals surface area (Å²) in [4.78, 5) is 2.74. The van der Waals surface area contributed by atoms with Crippen LogP contribution in [0.15, 0.2) is 24.3 Å². The van der Waals surface area contributed by atoms with Crippen LogP contribution >= 0.6 is 35.4 Å². The van der Waals surface area contributed by atoms with E-state index in [1.165, 1.54) is 22.8 Å². The van der Waals surface area contributed by atoms with Crippen LogP contribution in [0.2, 0.25) is 10.0 Å². The van der Waals surface area contributed by atoms with Crippen LogP contribution < -0.4 is 0 Å². The van der Waals surface area contributed by atoms with E-state index in [-0.39, 0.29) is 26.0 Å². The van der Waals surface area contributed by atoms with E-state index in [1.807, 2.05) is 0 Å². The number of halogens is 5. The lowest BCUT2D eigenvalue weighted by atomic mass is 10.2. The van der Waals surface area contributed by atoms with Gasteiger partial charge in [-0.25, -0.2) is 13.2 Å². The van der Waals surface area contributed by atoms with Crippen molar-refractivity contribution >= 4 is 46.5 Å². The van der Waals surface area contributed by atoms with Gasteiger partial charge in [-0.15, -0.1) is 0 Å². The van der Waals surface area contributed by atoms with Crippen LogP contribution in [0.1, 0.15) is 0 Å². The van der Waals surface area contributed by atoms with Crippen molar-refractivity contribution < 1.29 is 13.2 Å². The first-order valence-corrected chi connectivity index (χ1v) is 6.80. The molecule has 0 amide bonds. The molecule has 3 aromatic rings. The maximum absolute atomic E-state index is 14.0. The SMILES string of the molecule is Fc1ccc2[nH]c(=S)n(-c3cc(Cl)c(F)c(Cl)c3)c2c1F. The lowest BCUT2D eigenvalue weighted by Gasteiger charge is -2.08. The summed E-state index contributed by atoms with van der Waals surface area (Å²) < 4.78 is 42.2. The van der Waals surface area contributed by atoms with Crippen LogP contribution in [0.4, 0.5) is 13.2 Å². The van der Waals surface area contributed by atoms with Crippen molar-refractivity contribution in [2.24, 2.45) is 0 Å². The quantitative estimate of drug-likeness (QED) is 0.460. The van der Waals surface area contributed by atoms with Gasteiger partial charge in [0.2, 0.25) is 0 Å². The highest BCUT2D eigenvalue weighted by molar-refractivity contribution is 7.71. The van der Waals surface area contributed by atoms with E-state index in [0.29, 0.717) is 5.52 Å². The molecule has 2 nitrogen and oxygen atoms in total. The van der Waals surface area contributed by atoms with E-state index >= 15 is 0 Å². The van der Waals surface area contributed by atoms with Gasteiger partial charge < -0.3 is 4.98 Å². The zero-order valence-electron chi connectivity index (χ0n) is 10.1. The monoisotopic (exact) mass is 348 g/mol. The molecule has 21 heavy (non-hydrogen) atoms. The molecule has 3 rings (SSSR count). The number of fused-ring (bicyclic) bond motifs is 1. The molecular weight excluding hydrogens is 344 g/mol. The van der Waals surface area contributed by atoms with Crippen molar-refractivity contribution in [3.05, 3.63) is 56.5 Å². The third-order valence-corrected chi connectivity index (χ3v) is 3.80. The van der Waals surface area contributed by atoms with Gasteiger partial charge in [0, 0.05) is 0 Å². The second-order valence-corrected chi connectivity index (χ2v) is 5.45. The Balaban J connectivity index is 2.43. The van der Waals surface area contributed by atoms with Gasteiger partial charge in [0.1, 0.15) is 5.52 Å². The van der Waals surface area contributed by atoms with Crippen LogP contribution in [0, 0.1) is 22.2 Å². The first-order chi connectivity index (χ1) is 9.90. The molecule has 108 valence electrons. The van der Waals surface area contributed by atoms with Gasteiger partial charge in [-0.1, -0.05) is 23.2 Å². The van der Waals surface area contributed by atoms with E-state index in [0.717, 1.165) is 6.07 Å². The topological polar surface area (TPSA) is 20.7 Å². The number of benzene rings is 2. The highest BCUT2D eigenvalue weighted by Crippen LogP contribution is 2.30. The Morgan fingerprint density at radius 3 is 2.24 bits per heavy atom. The third-order valence-electron chi connectivity index (χ3n) is 2.96. The third kappa shape index (κ3) is 2.23. The van der Waals surface area contributed by atoms with Crippen molar-refractivity contribution in [3.63, 3.8) is 0 Å². The smallest absolute Gasteiger partial charge is 0.184 e. The summed E-state index contributed by atoms with van der Waals surface area (Å²) >= 11 is 16.5. The number of nitrogens with one attached hydrogen (secondary N) is 1. The fourth-order valence-electron chi connectivity index (χ4n) is 2.05. The van der Waals surface area contributed by atoms with Crippen LogP contribution in [0.5, 0.6) is 0 Å². The number of hydrogen-bond donors (Lipinski definition) is 1. The van der Waals surface area contributed by atoms with Crippen molar-refractivity contribution in [1.82, 2.24) is 9.55 Å². The number of imidazole rings is 1. The van der Waals surface area contributed by atoms with Gasteiger partial charge in [-0.05, 0) is 36.5 Å². The first-order valence-electron chi connectivity index (χ1n) is 5.64. The summed E-state index contributed by atoms with van der Waals surface area (Å²) in [5.74, 6) is -2.89. The maximum Gasteiger partial charge on any atom is 0.184 e. The van der Waals surface area contributed by atoms with E-state index < -0.39 is 17.5 Å². The molecule has 0 radical (unpaired) electrons. The van der Waals surface area contributed by atoms with E-state index in [1.54, 1.807) is 0 Å². The Labute approximate surface area is 131 Å². The fraction of sp³-hybridized carbons (Fsp3) is 0. The Kier molecular flexibility index (Phi) is 3.47. The molecule has 0 bridgehead atoms. The van der Waals surface area contributed by atoms with Crippen molar-refractivity contribution in [2.45, 2.75) is 0 Å². The zero-order chi connectivity index (χ0) is 15.3. The molecule has 0 atom stereocenters. The van der Waals surface area contributed by atoms with E-state index in [4.69, 9.17) is 35.4 Å². The summed E-state index contributed by atoms with van der Waals surface area (Å²) in [6.07, 6.45) is 0. The van der Waals surface area contributed by atoms with Crippen LogP contribution in [-0.4, -0.2) is 9.55 Å². The van der Waals surface area contributed by atoms with Crippen LogP contribution in [-0.2, 0) is 0 Å². The molecular formula is C13H5Cl2F3N2S. The highest BCUT2D eigenvalue weighted by atomic mass is 35.5. The minimum absolute atomic E-state index is 0.0984. The van der Waals surface area contributed by atoms with Crippen molar-refractivity contribution in [2.75, 3.05) is 0 Å². The molecule has 0 aliphatic heterocycles. The van der Waals surface area contributed by atoms with Gasteiger partial charge in [0.05, 0.1) is 21.2 Å². The minimum atomic E-state index is -1.07. The molecule has 2 aromatic carbocycles. The molecule has 0 aliphatic rings. The van der Waals surface area contributed by atoms with E-state index in [2.05, 4.69) is 4.98 Å². The van der Waals surface area contributed by atoms with Gasteiger partial charge in [-0.2, -0.15) is 0 Å². The average Bonchev–Trinajstić information content (AvgIpc) is 2.77. The minimum Gasteiger partial charge on any atom is -0.330 e. The van der Waals surface area contributed by atoms with Crippen molar-refractivity contribution in [1.29, 1.82) is 0 Å². The number of aromatic nitrogens is 2. The van der Waals surface area contributed by atoms with Crippen molar-refractivity contribution in [3.8, 4) is 5.69 Å². The Morgan fingerprint density at radius 2 is 1.62 bits per heavy atom. The second-order valence-electron chi connectivity index (χ2n) is 4.25. The second kappa shape index (κ2) is 5.05. The number of hydrogen-bond acceptors (Lipinski definition) is 1. The number of H-pyrrole nitrogens is 1. The van der Waals surface area contributed by atoms with Gasteiger partial charge in [0.25, 0.3) is 0 Å². The average molecular weight is 349 g/mol. The lowest BCUT2D eigenvalue weighted by molar-refractivity contribution is 0.514. The largest absolute Gasteiger partial charge is 0.330 e. The lowest BCUT2D eigenvalue weighted by Crippen LogP contribution is -1.98. The summed E-state index contributed by atoms with van der Waals surface area (Å²) in [6.45, 7) is 0. The molecule has 1 heterocycles. The number of aromatic amines is 1. The summed E-state index contributed by atoms with van der Waals surface area (Å²) in [5.41, 5.74) is 0.432. The summed E-state index contributed by atoms with van der Waals surface area (Å²) in [6, 6.07) is 4.80. The molecule has 0 saturated carbocycles. The van der Waals surface area contributed by atoms with Gasteiger partial charge in [0.15, 0.2) is 22.2 Å². The zero-order valence-corrected chi connectivity index (χ0v) is 12.4. The van der Waals surface area contributed by atoms with E-state index in [9.17, 15) is 13.2 Å². The first kappa shape index (κ1) is 14.4. The molecule has 0 spiro atoms. The normalized spacial score (nSPS) is 11.3. The summed E-state index contributed by atoms with van der Waals surface area (Å²) in [5, 5.41) is -0.490. The summed E-state index contributed by atoms with van der Waals surface area (Å²) in [7, 11) is 0. The Bertz CT molecular complexity index is 910. The molecule has 0 fully saturated rings. The number of nitrogens with zero attached hydrogens (tertiary/aromatic N) is 1. The molecule has 0 unspecified atom stereocenters. The van der Waals surface area contributed by atoms with Crippen LogP contribution in [0.25, 0.3) is 16.7 Å². The standard InChI is InChI=1S/C13H5Cl2F3N2S/c14-6-3-5(4-7(15)10(6)17)20-12-9(19-13(20)21)2-1-8(16)11(12)18/h1-4H,(H,19,21). The molecule has 1 aromatic heterocycles. The van der Waals surface area contributed by atoms with Crippen LogP contribution in [0.3, 0.4) is 0 Å². The number of rotatable bonds is 1. The Hall–Kier alpha value is -1.50. The Morgan fingerprint density at radius 1 is 1.00 bits per heavy atom. The molecule has 0 saturated heterocycles. The molecule has 1 N–H and O–H groups in total. The predicted molar refractivity (Wildman–Crippen MR) is 78.4 cm³/mol. The predicted octanol–water partition coefficient (Wildman–Crippen LogP) is 5.41. The maximum atomic E-state index is 14.0. The van der Waals surface area contributed by atoms with Gasteiger partial charge >= 0.3 is 0 Å². The van der Waals surface area contributed by atoms with Gasteiger partial charge in [-0.3, -0.25) is 4.57 Å². The highest BCUT2D eigenvalue weighted by Gasteiger charge is 2.17. The molecule has 8 heteroatoms. The fourth-order valence-corrected chi connectivity index (χ4v) is 2.83.